The number of nitrogens with one attached hydrogen (secondary N) is 1. The molecule has 0 aliphatic heterocycles. The monoisotopic (exact) mass is 532 g/mol. The van der Waals surface area contributed by atoms with E-state index in [0.717, 1.165) is 40.5 Å². The van der Waals surface area contributed by atoms with Gasteiger partial charge in [0.2, 0.25) is 0 Å². The van der Waals surface area contributed by atoms with E-state index in [1.54, 1.807) is 10.8 Å². The molecule has 1 saturated carbocycles. The summed E-state index contributed by atoms with van der Waals surface area (Å²) in [4.78, 5) is 24.6. The summed E-state index contributed by atoms with van der Waals surface area (Å²) in [6.45, 7) is -0.435. The quantitative estimate of drug-likeness (QED) is 0.333. The van der Waals surface area contributed by atoms with E-state index in [-0.39, 0.29) is 0 Å². The van der Waals surface area contributed by atoms with Crippen molar-refractivity contribution >= 4 is 33.9 Å². The van der Waals surface area contributed by atoms with Crippen molar-refractivity contribution in [3.8, 4) is 23.0 Å². The van der Waals surface area contributed by atoms with Crippen LogP contribution in [-0.4, -0.2) is 33.8 Å². The minimum absolute atomic E-state index is 0.435. The summed E-state index contributed by atoms with van der Waals surface area (Å²) in [5, 5.41) is 17.0. The molecule has 1 aliphatic rings. The van der Waals surface area contributed by atoms with Crippen LogP contribution in [0.4, 0.5) is 0 Å². The van der Waals surface area contributed by atoms with E-state index in [2.05, 4.69) is 27.3 Å². The molecule has 1 fully saturated rings. The standard InChI is InChI=1S/C27H25BrN4O3/c28-22-12-9-20(10-13-22)26-21(17-32(31-26)23-7-3-1-4-8-23)11-14-25(34)35-18-24(33)30-27(19-29)15-5-2-6-16-27/h1,3-4,7-14,17H,2,5-6,15-16,18H2,(H,30,33)/b14-11+. The van der Waals surface area contributed by atoms with E-state index in [1.807, 2.05) is 60.8 Å². The fraction of sp³-hybridized carbons (Fsp3) is 0.259. The molecule has 35 heavy (non-hydrogen) atoms. The molecule has 2 aromatic carbocycles. The zero-order chi connectivity index (χ0) is 24.7. The number of para-hydroxylation sites is 1. The zero-order valence-corrected chi connectivity index (χ0v) is 20.7. The van der Waals surface area contributed by atoms with Crippen LogP contribution in [0.2, 0.25) is 0 Å². The van der Waals surface area contributed by atoms with Gasteiger partial charge in [-0.3, -0.25) is 4.79 Å². The predicted molar refractivity (Wildman–Crippen MR) is 136 cm³/mol. The number of esters is 1. The number of ether oxygens (including phenoxy) is 1. The highest BCUT2D eigenvalue weighted by Crippen LogP contribution is 2.28. The van der Waals surface area contributed by atoms with Crippen molar-refractivity contribution in [3.63, 3.8) is 0 Å². The Bertz CT molecular complexity index is 1250. The molecule has 1 aliphatic carbocycles. The van der Waals surface area contributed by atoms with Crippen molar-refractivity contribution in [2.75, 3.05) is 6.61 Å². The average molecular weight is 533 g/mol. The number of hydrogen-bond acceptors (Lipinski definition) is 5. The molecule has 1 amide bonds. The molecule has 3 aromatic rings. The van der Waals surface area contributed by atoms with Gasteiger partial charge in [0.15, 0.2) is 6.61 Å². The van der Waals surface area contributed by atoms with E-state index in [0.29, 0.717) is 18.5 Å². The molecule has 7 nitrogen and oxygen atoms in total. The van der Waals surface area contributed by atoms with Gasteiger partial charge in [0.1, 0.15) is 5.54 Å². The number of aromatic nitrogens is 2. The Hall–Kier alpha value is -3.70. The third-order valence-corrected chi connectivity index (χ3v) is 6.45. The van der Waals surface area contributed by atoms with Crippen LogP contribution in [0.5, 0.6) is 0 Å². The second kappa shape index (κ2) is 11.2. The molecular formula is C27H25BrN4O3. The van der Waals surface area contributed by atoms with E-state index in [1.165, 1.54) is 6.08 Å². The van der Waals surface area contributed by atoms with Crippen LogP contribution in [0.15, 0.2) is 71.3 Å². The van der Waals surface area contributed by atoms with Gasteiger partial charge in [0.25, 0.3) is 5.91 Å². The maximum Gasteiger partial charge on any atom is 0.331 e. The first-order valence-corrected chi connectivity index (χ1v) is 12.3. The molecule has 0 atom stereocenters. The number of carbonyl (C=O) groups is 2. The van der Waals surface area contributed by atoms with Gasteiger partial charge < -0.3 is 10.1 Å². The third kappa shape index (κ3) is 6.25. The van der Waals surface area contributed by atoms with E-state index >= 15 is 0 Å². The Kier molecular flexibility index (Phi) is 7.78. The van der Waals surface area contributed by atoms with Crippen molar-refractivity contribution in [2.45, 2.75) is 37.6 Å². The Morgan fingerprint density at radius 1 is 1.11 bits per heavy atom. The maximum absolute atomic E-state index is 12.3. The van der Waals surface area contributed by atoms with Crippen LogP contribution in [0.25, 0.3) is 23.0 Å². The maximum atomic E-state index is 12.3. The smallest absolute Gasteiger partial charge is 0.331 e. The molecular weight excluding hydrogens is 508 g/mol. The van der Waals surface area contributed by atoms with Crippen molar-refractivity contribution < 1.29 is 14.3 Å². The number of nitrogens with zero attached hydrogens (tertiary/aromatic N) is 3. The van der Waals surface area contributed by atoms with Crippen LogP contribution >= 0.6 is 15.9 Å². The molecule has 0 radical (unpaired) electrons. The topological polar surface area (TPSA) is 97.0 Å². The predicted octanol–water partition coefficient (Wildman–Crippen LogP) is 5.20. The number of hydrogen-bond donors (Lipinski definition) is 1. The van der Waals surface area contributed by atoms with Gasteiger partial charge in [-0.2, -0.15) is 10.4 Å². The normalized spacial score (nSPS) is 14.9. The van der Waals surface area contributed by atoms with E-state index in [4.69, 9.17) is 9.84 Å². The van der Waals surface area contributed by atoms with Crippen LogP contribution in [0.1, 0.15) is 37.7 Å². The molecule has 0 spiro atoms. The molecule has 1 aromatic heterocycles. The van der Waals surface area contributed by atoms with Crippen molar-refractivity contribution in [1.29, 1.82) is 5.26 Å². The fourth-order valence-corrected chi connectivity index (χ4v) is 4.38. The first-order chi connectivity index (χ1) is 17.0. The summed E-state index contributed by atoms with van der Waals surface area (Å²) in [5.41, 5.74) is 2.35. The molecule has 1 N–H and O–H groups in total. The molecule has 0 saturated heterocycles. The molecule has 4 rings (SSSR count). The van der Waals surface area contributed by atoms with Crippen LogP contribution in [0.3, 0.4) is 0 Å². The summed E-state index contributed by atoms with van der Waals surface area (Å²) in [5.74, 6) is -1.12. The number of nitriles is 1. The van der Waals surface area contributed by atoms with Crippen molar-refractivity contribution in [3.05, 3.63) is 76.9 Å². The van der Waals surface area contributed by atoms with Gasteiger partial charge in [0.05, 0.1) is 17.5 Å². The second-order valence-electron chi connectivity index (χ2n) is 8.46. The first-order valence-electron chi connectivity index (χ1n) is 11.5. The SMILES string of the molecule is N#CC1(NC(=O)COC(=O)/C=C/c2cn(-c3ccccc3)nc2-c2ccc(Br)cc2)CCCCC1. The van der Waals surface area contributed by atoms with E-state index < -0.39 is 24.0 Å². The lowest BCUT2D eigenvalue weighted by Crippen LogP contribution is -2.49. The zero-order valence-electron chi connectivity index (χ0n) is 19.1. The summed E-state index contributed by atoms with van der Waals surface area (Å²) >= 11 is 3.44. The lowest BCUT2D eigenvalue weighted by molar-refractivity contribution is -0.144. The molecule has 8 heteroatoms. The number of benzene rings is 2. The average Bonchev–Trinajstić information content (AvgIpc) is 3.32. The van der Waals surface area contributed by atoms with Gasteiger partial charge in [-0.05, 0) is 43.2 Å². The highest BCUT2D eigenvalue weighted by Gasteiger charge is 2.33. The molecule has 0 unspecified atom stereocenters. The Balaban J connectivity index is 1.46. The Morgan fingerprint density at radius 3 is 2.51 bits per heavy atom. The molecule has 0 bridgehead atoms. The highest BCUT2D eigenvalue weighted by atomic mass is 79.9. The molecule has 178 valence electrons. The number of rotatable bonds is 7. The van der Waals surface area contributed by atoms with Crippen LogP contribution in [-0.2, 0) is 14.3 Å². The Morgan fingerprint density at radius 2 is 1.83 bits per heavy atom. The lowest BCUT2D eigenvalue weighted by Gasteiger charge is -2.31. The molecule has 1 heterocycles. The Labute approximate surface area is 212 Å². The van der Waals surface area contributed by atoms with Gasteiger partial charge >= 0.3 is 5.97 Å². The summed E-state index contributed by atoms with van der Waals surface area (Å²) in [6.07, 6.45) is 8.83. The van der Waals surface area contributed by atoms with Crippen molar-refractivity contribution in [2.24, 2.45) is 0 Å². The van der Waals surface area contributed by atoms with Gasteiger partial charge in [-0.25, -0.2) is 9.48 Å². The van der Waals surface area contributed by atoms with Gasteiger partial charge in [-0.15, -0.1) is 0 Å². The van der Waals surface area contributed by atoms with Crippen LogP contribution < -0.4 is 5.32 Å². The summed E-state index contributed by atoms with van der Waals surface area (Å²) in [7, 11) is 0. The minimum Gasteiger partial charge on any atom is -0.452 e. The first kappa shape index (κ1) is 24.4. The van der Waals surface area contributed by atoms with Gasteiger partial charge in [0, 0.05) is 27.9 Å². The number of carbonyl (C=O) groups excluding carboxylic acids is 2. The van der Waals surface area contributed by atoms with Crippen LogP contribution in [0, 0.1) is 11.3 Å². The summed E-state index contributed by atoms with van der Waals surface area (Å²) < 4.78 is 7.83. The summed E-state index contributed by atoms with van der Waals surface area (Å²) in [6, 6.07) is 19.6. The highest BCUT2D eigenvalue weighted by molar-refractivity contribution is 9.10. The fourth-order valence-electron chi connectivity index (χ4n) is 4.12. The number of amides is 1. The lowest BCUT2D eigenvalue weighted by atomic mass is 9.83. The third-order valence-electron chi connectivity index (χ3n) is 5.93. The number of halogens is 1. The minimum atomic E-state index is -0.858. The van der Waals surface area contributed by atoms with Gasteiger partial charge in [-0.1, -0.05) is 65.5 Å². The van der Waals surface area contributed by atoms with Crippen molar-refractivity contribution in [1.82, 2.24) is 15.1 Å². The van der Waals surface area contributed by atoms with E-state index in [9.17, 15) is 14.9 Å². The largest absolute Gasteiger partial charge is 0.452 e. The second-order valence-corrected chi connectivity index (χ2v) is 9.38.